The maximum Gasteiger partial charge on any atom is 0.284 e. The van der Waals surface area contributed by atoms with Crippen LogP contribution in [0.5, 0.6) is 0 Å². The van der Waals surface area contributed by atoms with Crippen LogP contribution in [0.15, 0.2) is 53.7 Å². The highest BCUT2D eigenvalue weighted by molar-refractivity contribution is 6.33. The summed E-state index contributed by atoms with van der Waals surface area (Å²) in [5.74, 6) is 1.51. The van der Waals surface area contributed by atoms with Crippen LogP contribution in [0.1, 0.15) is 18.3 Å². The van der Waals surface area contributed by atoms with Gasteiger partial charge in [0.15, 0.2) is 5.82 Å². The van der Waals surface area contributed by atoms with Crippen molar-refractivity contribution in [3.63, 3.8) is 0 Å². The quantitative estimate of drug-likeness (QED) is 0.453. The third-order valence-corrected chi connectivity index (χ3v) is 5.70. The molecule has 1 saturated heterocycles. The average molecular weight is 435 g/mol. The molecule has 6 rings (SSSR count). The van der Waals surface area contributed by atoms with Gasteiger partial charge in [0.1, 0.15) is 11.8 Å². The van der Waals surface area contributed by atoms with Crippen LogP contribution in [0.25, 0.3) is 17.0 Å². The molecule has 0 spiro atoms. The van der Waals surface area contributed by atoms with Gasteiger partial charge in [-0.3, -0.25) is 9.36 Å². The molecule has 1 aliphatic heterocycles. The standard InChI is InChI=1S/C19H15ClN10O/c20-12-6-9-28-14(12)16(31)29(11-4-2-1-3-5-11)15(26-28)13-7-8-27(13)19-25-17(21)24-18-22-10-23-30(18)19/h1-6,9-10,13H,7-8H2,(H2,21,22,23,24). The Hall–Kier alpha value is -3.99. The summed E-state index contributed by atoms with van der Waals surface area (Å²) in [6.45, 7) is 0.686. The number of para-hydroxylation sites is 1. The average Bonchev–Trinajstić information content (AvgIpc) is 3.35. The van der Waals surface area contributed by atoms with Gasteiger partial charge in [0.2, 0.25) is 11.9 Å². The SMILES string of the molecule is Nc1nc(N2CCC2c2nn3ccc(Cl)c3c(=O)n2-c2ccccc2)n2ncnc2n1. The third-order valence-electron chi connectivity index (χ3n) is 5.40. The minimum Gasteiger partial charge on any atom is -0.368 e. The third kappa shape index (κ3) is 2.60. The number of aromatic nitrogens is 8. The van der Waals surface area contributed by atoms with E-state index in [0.29, 0.717) is 40.3 Å². The maximum absolute atomic E-state index is 13.5. The monoisotopic (exact) mass is 434 g/mol. The number of halogens is 1. The lowest BCUT2D eigenvalue weighted by Crippen LogP contribution is -2.46. The van der Waals surface area contributed by atoms with Crippen molar-refractivity contribution in [3.8, 4) is 5.69 Å². The van der Waals surface area contributed by atoms with E-state index in [1.807, 2.05) is 35.2 Å². The van der Waals surface area contributed by atoms with Crippen LogP contribution in [0.2, 0.25) is 5.02 Å². The number of nitrogens with two attached hydrogens (primary N) is 1. The van der Waals surface area contributed by atoms with E-state index in [0.717, 1.165) is 6.42 Å². The molecule has 0 aliphatic carbocycles. The zero-order valence-corrected chi connectivity index (χ0v) is 16.8. The van der Waals surface area contributed by atoms with Gasteiger partial charge in [-0.25, -0.2) is 4.52 Å². The second kappa shape index (κ2) is 6.51. The number of rotatable bonds is 3. The van der Waals surface area contributed by atoms with E-state index in [2.05, 4.69) is 20.1 Å². The van der Waals surface area contributed by atoms with Crippen LogP contribution >= 0.6 is 11.6 Å². The second-order valence-corrected chi connectivity index (χ2v) is 7.55. The van der Waals surface area contributed by atoms with Gasteiger partial charge < -0.3 is 10.6 Å². The van der Waals surface area contributed by atoms with Crippen molar-refractivity contribution >= 4 is 34.8 Å². The topological polar surface area (TPSA) is 125 Å². The smallest absolute Gasteiger partial charge is 0.284 e. The fraction of sp³-hybridized carbons (Fsp3) is 0.158. The van der Waals surface area contributed by atoms with E-state index in [9.17, 15) is 4.79 Å². The molecule has 31 heavy (non-hydrogen) atoms. The molecule has 4 aromatic heterocycles. The van der Waals surface area contributed by atoms with Crippen LogP contribution < -0.4 is 16.2 Å². The Kier molecular flexibility index (Phi) is 3.74. The van der Waals surface area contributed by atoms with Crippen LogP contribution in [0.3, 0.4) is 0 Å². The summed E-state index contributed by atoms with van der Waals surface area (Å²) in [7, 11) is 0. The number of nitrogens with zero attached hydrogens (tertiary/aromatic N) is 9. The number of hydrogen-bond donors (Lipinski definition) is 1. The van der Waals surface area contributed by atoms with Crippen LogP contribution in [-0.4, -0.2) is 45.3 Å². The molecule has 1 fully saturated rings. The second-order valence-electron chi connectivity index (χ2n) is 7.14. The first-order valence-corrected chi connectivity index (χ1v) is 9.95. The summed E-state index contributed by atoms with van der Waals surface area (Å²) in [5, 5.41) is 9.32. The predicted octanol–water partition coefficient (Wildman–Crippen LogP) is 1.50. The molecule has 1 aliphatic rings. The highest BCUT2D eigenvalue weighted by Crippen LogP contribution is 2.36. The van der Waals surface area contributed by atoms with E-state index in [1.54, 1.807) is 16.8 Å². The van der Waals surface area contributed by atoms with Crippen LogP contribution in [-0.2, 0) is 0 Å². The van der Waals surface area contributed by atoms with Gasteiger partial charge in [0.25, 0.3) is 11.3 Å². The maximum atomic E-state index is 13.5. The van der Waals surface area contributed by atoms with Crippen molar-refractivity contribution in [1.82, 2.24) is 38.7 Å². The van der Waals surface area contributed by atoms with E-state index in [4.69, 9.17) is 22.4 Å². The van der Waals surface area contributed by atoms with Gasteiger partial charge in [0, 0.05) is 12.7 Å². The summed E-state index contributed by atoms with van der Waals surface area (Å²) < 4.78 is 4.65. The van der Waals surface area contributed by atoms with Gasteiger partial charge >= 0.3 is 0 Å². The predicted molar refractivity (Wildman–Crippen MR) is 113 cm³/mol. The van der Waals surface area contributed by atoms with E-state index >= 15 is 0 Å². The fourth-order valence-electron chi connectivity index (χ4n) is 3.90. The molecule has 1 atom stereocenters. The number of fused-ring (bicyclic) bond motifs is 2. The number of anilines is 2. The Morgan fingerprint density at radius 2 is 1.97 bits per heavy atom. The number of benzene rings is 1. The number of hydrogen-bond acceptors (Lipinski definition) is 8. The Bertz CT molecular complexity index is 1510. The van der Waals surface area contributed by atoms with Gasteiger partial charge in [-0.2, -0.15) is 29.7 Å². The minimum atomic E-state index is -0.244. The summed E-state index contributed by atoms with van der Waals surface area (Å²) in [5.41, 5.74) is 6.67. The van der Waals surface area contributed by atoms with Gasteiger partial charge in [0.05, 0.1) is 16.8 Å². The highest BCUT2D eigenvalue weighted by atomic mass is 35.5. The van der Waals surface area contributed by atoms with Gasteiger partial charge in [-0.1, -0.05) is 29.8 Å². The van der Waals surface area contributed by atoms with E-state index < -0.39 is 0 Å². The summed E-state index contributed by atoms with van der Waals surface area (Å²) in [6.07, 6.45) is 3.84. The fourth-order valence-corrected chi connectivity index (χ4v) is 4.12. The van der Waals surface area contributed by atoms with Crippen molar-refractivity contribution in [2.75, 3.05) is 17.2 Å². The molecule has 0 radical (unpaired) electrons. The first-order chi connectivity index (χ1) is 15.1. The molecule has 0 saturated carbocycles. The summed E-state index contributed by atoms with van der Waals surface area (Å²) in [4.78, 5) is 28.0. The molecule has 2 N–H and O–H groups in total. The Morgan fingerprint density at radius 3 is 2.74 bits per heavy atom. The molecule has 0 bridgehead atoms. The molecule has 0 amide bonds. The lowest BCUT2D eigenvalue weighted by atomic mass is 10.0. The molecule has 1 unspecified atom stereocenters. The summed E-state index contributed by atoms with van der Waals surface area (Å²) in [6, 6.07) is 10.8. The molecule has 154 valence electrons. The molecule has 5 heterocycles. The molecule has 1 aromatic carbocycles. The molecule has 12 heteroatoms. The van der Waals surface area contributed by atoms with E-state index in [1.165, 1.54) is 15.4 Å². The van der Waals surface area contributed by atoms with Crippen molar-refractivity contribution in [1.29, 1.82) is 0 Å². The normalized spacial score (nSPS) is 16.2. The van der Waals surface area contributed by atoms with Crippen molar-refractivity contribution in [2.45, 2.75) is 12.5 Å². The van der Waals surface area contributed by atoms with Crippen molar-refractivity contribution in [2.24, 2.45) is 0 Å². The van der Waals surface area contributed by atoms with Crippen molar-refractivity contribution < 1.29 is 0 Å². The molecule has 5 aromatic rings. The largest absolute Gasteiger partial charge is 0.368 e. The van der Waals surface area contributed by atoms with Gasteiger partial charge in [-0.05, 0) is 24.6 Å². The highest BCUT2D eigenvalue weighted by Gasteiger charge is 2.37. The van der Waals surface area contributed by atoms with Crippen molar-refractivity contribution in [3.05, 3.63) is 70.1 Å². The zero-order valence-electron chi connectivity index (χ0n) is 16.0. The number of nitrogen functional groups attached to an aromatic ring is 1. The van der Waals surface area contributed by atoms with E-state index in [-0.39, 0.29) is 17.5 Å². The first kappa shape index (κ1) is 17.8. The Morgan fingerprint density at radius 1 is 1.13 bits per heavy atom. The zero-order chi connectivity index (χ0) is 21.1. The Balaban J connectivity index is 1.58. The Labute approximate surface area is 179 Å². The summed E-state index contributed by atoms with van der Waals surface area (Å²) >= 11 is 6.28. The van der Waals surface area contributed by atoms with Crippen LogP contribution in [0, 0.1) is 0 Å². The lowest BCUT2D eigenvalue weighted by molar-refractivity contribution is 0.415. The lowest BCUT2D eigenvalue weighted by Gasteiger charge is -2.41. The van der Waals surface area contributed by atoms with Crippen LogP contribution in [0.4, 0.5) is 11.9 Å². The van der Waals surface area contributed by atoms with Gasteiger partial charge in [-0.15, -0.1) is 0 Å². The molecule has 11 nitrogen and oxygen atoms in total. The minimum absolute atomic E-state index is 0.0993. The first-order valence-electron chi connectivity index (χ1n) is 9.57. The molecular formula is C19H15ClN10O. The molecular weight excluding hydrogens is 420 g/mol.